The van der Waals surface area contributed by atoms with E-state index in [0.717, 1.165) is 43.7 Å². The highest BCUT2D eigenvalue weighted by Gasteiger charge is 2.14. The molecular weight excluding hydrogens is 428 g/mol. The molecule has 0 aromatic heterocycles. The van der Waals surface area contributed by atoms with Gasteiger partial charge in [-0.05, 0) is 68.4 Å². The van der Waals surface area contributed by atoms with E-state index < -0.39 is 11.8 Å². The standard InChI is InChI=1S/C24H32N4O3.ClH/c1-4-18-10-7-8-11-21(18)27-22(29)19-12-14-20(15-13-19)26-24(31)23(30)25-16-9-17-28(5-2)6-3;/h7-8,10-15H,4-6,9,16-17H2,1-3H3,(H,25,30)(H,26,31)(H,27,29);1H/p-1. The van der Waals surface area contributed by atoms with E-state index in [-0.39, 0.29) is 18.3 Å². The van der Waals surface area contributed by atoms with Crippen molar-refractivity contribution in [3.8, 4) is 0 Å². The number of amides is 3. The molecule has 0 bridgehead atoms. The molecule has 0 saturated carbocycles. The summed E-state index contributed by atoms with van der Waals surface area (Å²) in [5, 5.41) is 8.09. The van der Waals surface area contributed by atoms with Crippen LogP contribution in [0.2, 0.25) is 0 Å². The van der Waals surface area contributed by atoms with Crippen LogP contribution in [0.3, 0.4) is 0 Å². The molecule has 174 valence electrons. The van der Waals surface area contributed by atoms with E-state index in [9.17, 15) is 14.4 Å². The van der Waals surface area contributed by atoms with Crippen LogP contribution in [0.15, 0.2) is 48.5 Å². The highest BCUT2D eigenvalue weighted by Crippen LogP contribution is 2.17. The lowest BCUT2D eigenvalue weighted by Gasteiger charge is -2.17. The fourth-order valence-corrected chi connectivity index (χ4v) is 3.16. The van der Waals surface area contributed by atoms with Gasteiger partial charge in [0, 0.05) is 23.5 Å². The minimum Gasteiger partial charge on any atom is -1.00 e. The van der Waals surface area contributed by atoms with Gasteiger partial charge in [-0.25, -0.2) is 0 Å². The van der Waals surface area contributed by atoms with Crippen molar-refractivity contribution in [2.24, 2.45) is 0 Å². The molecule has 32 heavy (non-hydrogen) atoms. The second-order valence-corrected chi connectivity index (χ2v) is 7.13. The quantitative estimate of drug-likeness (QED) is 0.352. The van der Waals surface area contributed by atoms with Gasteiger partial charge in [-0.1, -0.05) is 39.0 Å². The third-order valence-electron chi connectivity index (χ3n) is 5.09. The van der Waals surface area contributed by atoms with E-state index >= 15 is 0 Å². The first-order valence-corrected chi connectivity index (χ1v) is 10.8. The molecule has 3 N–H and O–H groups in total. The minimum absolute atomic E-state index is 0. The number of hydrogen-bond acceptors (Lipinski definition) is 4. The average Bonchev–Trinajstić information content (AvgIpc) is 2.79. The van der Waals surface area contributed by atoms with Crippen molar-refractivity contribution in [2.75, 3.05) is 36.8 Å². The van der Waals surface area contributed by atoms with Gasteiger partial charge < -0.3 is 33.3 Å². The molecule has 8 heteroatoms. The summed E-state index contributed by atoms with van der Waals surface area (Å²) in [5.41, 5.74) is 2.76. The van der Waals surface area contributed by atoms with Crippen LogP contribution in [0.5, 0.6) is 0 Å². The van der Waals surface area contributed by atoms with Crippen LogP contribution in [0, 0.1) is 0 Å². The zero-order valence-electron chi connectivity index (χ0n) is 18.9. The molecule has 0 heterocycles. The Morgan fingerprint density at radius 2 is 1.50 bits per heavy atom. The Bertz CT molecular complexity index is 883. The van der Waals surface area contributed by atoms with E-state index in [4.69, 9.17) is 0 Å². The van der Waals surface area contributed by atoms with Gasteiger partial charge in [-0.2, -0.15) is 0 Å². The molecular formula is C24H32ClN4O3-. The zero-order valence-corrected chi connectivity index (χ0v) is 19.7. The van der Waals surface area contributed by atoms with E-state index in [1.54, 1.807) is 24.3 Å². The fourth-order valence-electron chi connectivity index (χ4n) is 3.16. The number of rotatable bonds is 10. The third kappa shape index (κ3) is 8.32. The van der Waals surface area contributed by atoms with Crippen molar-refractivity contribution in [1.82, 2.24) is 10.2 Å². The maximum absolute atomic E-state index is 12.5. The number of hydrogen-bond donors (Lipinski definition) is 3. The third-order valence-corrected chi connectivity index (χ3v) is 5.09. The number of anilines is 2. The zero-order chi connectivity index (χ0) is 22.6. The Kier molecular flexibility index (Phi) is 12.1. The highest BCUT2D eigenvalue weighted by molar-refractivity contribution is 6.39. The van der Waals surface area contributed by atoms with Gasteiger partial charge >= 0.3 is 11.8 Å². The summed E-state index contributed by atoms with van der Waals surface area (Å²) in [6.45, 7) is 9.46. The molecule has 0 aliphatic carbocycles. The lowest BCUT2D eigenvalue weighted by Crippen LogP contribution is -3.00. The first-order valence-electron chi connectivity index (χ1n) is 10.8. The van der Waals surface area contributed by atoms with Crippen molar-refractivity contribution in [3.63, 3.8) is 0 Å². The van der Waals surface area contributed by atoms with Crippen molar-refractivity contribution in [3.05, 3.63) is 59.7 Å². The number of para-hydroxylation sites is 1. The number of carbonyl (C=O) groups is 3. The van der Waals surface area contributed by atoms with Crippen LogP contribution < -0.4 is 28.4 Å². The first kappa shape index (κ1) is 27.1. The first-order chi connectivity index (χ1) is 15.0. The fraction of sp³-hybridized carbons (Fsp3) is 0.375. The predicted octanol–water partition coefficient (Wildman–Crippen LogP) is 0.292. The molecule has 0 atom stereocenters. The van der Waals surface area contributed by atoms with Crippen LogP contribution in [-0.4, -0.2) is 48.8 Å². The Morgan fingerprint density at radius 1 is 0.844 bits per heavy atom. The largest absolute Gasteiger partial charge is 1.00 e. The molecule has 0 aliphatic rings. The topological polar surface area (TPSA) is 90.5 Å². The molecule has 0 fully saturated rings. The van der Waals surface area contributed by atoms with Crippen molar-refractivity contribution >= 4 is 29.1 Å². The van der Waals surface area contributed by atoms with E-state index in [1.165, 1.54) is 0 Å². The Labute approximate surface area is 196 Å². The average molecular weight is 460 g/mol. The summed E-state index contributed by atoms with van der Waals surface area (Å²) in [5.74, 6) is -1.63. The van der Waals surface area contributed by atoms with E-state index in [1.807, 2.05) is 31.2 Å². The van der Waals surface area contributed by atoms with Crippen LogP contribution in [0.4, 0.5) is 11.4 Å². The molecule has 0 aliphatic heterocycles. The van der Waals surface area contributed by atoms with Crippen molar-refractivity contribution < 1.29 is 26.8 Å². The maximum Gasteiger partial charge on any atom is 0.313 e. The van der Waals surface area contributed by atoms with Gasteiger partial charge in [-0.3, -0.25) is 14.4 Å². The second-order valence-electron chi connectivity index (χ2n) is 7.13. The summed E-state index contributed by atoms with van der Waals surface area (Å²) in [7, 11) is 0. The number of carbonyl (C=O) groups excluding carboxylic acids is 3. The number of benzene rings is 2. The van der Waals surface area contributed by atoms with E-state index in [0.29, 0.717) is 17.8 Å². The van der Waals surface area contributed by atoms with E-state index in [2.05, 4.69) is 34.7 Å². The summed E-state index contributed by atoms with van der Waals surface area (Å²) < 4.78 is 0. The smallest absolute Gasteiger partial charge is 0.313 e. The Balaban J connectivity index is 0.00000512. The van der Waals surface area contributed by atoms with Gasteiger partial charge in [0.25, 0.3) is 5.91 Å². The molecule has 7 nitrogen and oxygen atoms in total. The van der Waals surface area contributed by atoms with Gasteiger partial charge in [0.05, 0.1) is 0 Å². The summed E-state index contributed by atoms with van der Waals surface area (Å²) >= 11 is 0. The SMILES string of the molecule is CCc1ccccc1NC(=O)c1ccc(NC(=O)C(=O)NCCCN(CC)CC)cc1.[Cl-]. The summed E-state index contributed by atoms with van der Waals surface area (Å²) in [4.78, 5) is 38.8. The van der Waals surface area contributed by atoms with Crippen molar-refractivity contribution in [1.29, 1.82) is 0 Å². The minimum atomic E-state index is -0.725. The second kappa shape index (κ2) is 14.2. The van der Waals surface area contributed by atoms with Crippen LogP contribution in [0.25, 0.3) is 0 Å². The molecule has 2 aromatic carbocycles. The van der Waals surface area contributed by atoms with Gasteiger partial charge in [-0.15, -0.1) is 0 Å². The Hall–Kier alpha value is -2.90. The molecule has 0 spiro atoms. The molecule has 0 unspecified atom stereocenters. The summed E-state index contributed by atoms with van der Waals surface area (Å²) in [6.07, 6.45) is 1.60. The molecule has 2 rings (SSSR count). The van der Waals surface area contributed by atoms with Gasteiger partial charge in [0.2, 0.25) is 0 Å². The lowest BCUT2D eigenvalue weighted by molar-refractivity contribution is -0.136. The Morgan fingerprint density at radius 3 is 2.12 bits per heavy atom. The van der Waals surface area contributed by atoms with Crippen LogP contribution >= 0.6 is 0 Å². The normalized spacial score (nSPS) is 10.2. The number of nitrogens with one attached hydrogen (secondary N) is 3. The number of halogens is 1. The summed E-state index contributed by atoms with van der Waals surface area (Å²) in [6, 6.07) is 14.1. The number of nitrogens with zero attached hydrogens (tertiary/aromatic N) is 1. The molecule has 3 amide bonds. The molecule has 0 saturated heterocycles. The monoisotopic (exact) mass is 459 g/mol. The lowest BCUT2D eigenvalue weighted by atomic mass is 10.1. The van der Waals surface area contributed by atoms with Crippen LogP contribution in [-0.2, 0) is 16.0 Å². The highest BCUT2D eigenvalue weighted by atomic mass is 35.5. The van der Waals surface area contributed by atoms with Crippen molar-refractivity contribution in [2.45, 2.75) is 33.6 Å². The van der Waals surface area contributed by atoms with Crippen LogP contribution in [0.1, 0.15) is 43.1 Å². The maximum atomic E-state index is 12.5. The predicted molar refractivity (Wildman–Crippen MR) is 124 cm³/mol. The molecule has 2 aromatic rings. The van der Waals surface area contributed by atoms with Gasteiger partial charge in [0.1, 0.15) is 0 Å². The number of aryl methyl sites for hydroxylation is 1. The molecule has 0 radical (unpaired) electrons. The van der Waals surface area contributed by atoms with Gasteiger partial charge in [0.15, 0.2) is 0 Å².